The first-order valence-corrected chi connectivity index (χ1v) is 12.4. The van der Waals surface area contributed by atoms with Gasteiger partial charge >= 0.3 is 0 Å². The Morgan fingerprint density at radius 1 is 1.03 bits per heavy atom. The van der Waals surface area contributed by atoms with Gasteiger partial charge in [-0.3, -0.25) is 0 Å². The summed E-state index contributed by atoms with van der Waals surface area (Å²) in [6.07, 6.45) is 13.8. The van der Waals surface area contributed by atoms with Gasteiger partial charge in [-0.1, -0.05) is 12.1 Å². The first kappa shape index (κ1) is 20.5. The highest BCUT2D eigenvalue weighted by Gasteiger charge is 2.27. The van der Waals surface area contributed by atoms with E-state index < -0.39 is 0 Å². The Labute approximate surface area is 194 Å². The van der Waals surface area contributed by atoms with Crippen LogP contribution in [-0.2, 0) is 6.42 Å². The fourth-order valence-electron chi connectivity index (χ4n) is 5.56. The molecular formula is C27H32N6. The molecule has 0 bridgehead atoms. The highest BCUT2D eigenvalue weighted by Crippen LogP contribution is 2.39. The van der Waals surface area contributed by atoms with E-state index in [4.69, 9.17) is 4.98 Å². The van der Waals surface area contributed by atoms with Gasteiger partial charge in [-0.15, -0.1) is 0 Å². The van der Waals surface area contributed by atoms with Crippen LogP contribution in [0.5, 0.6) is 0 Å². The van der Waals surface area contributed by atoms with Gasteiger partial charge < -0.3 is 15.2 Å². The Morgan fingerprint density at radius 2 is 1.94 bits per heavy atom. The molecule has 2 N–H and O–H groups in total. The second kappa shape index (κ2) is 8.65. The summed E-state index contributed by atoms with van der Waals surface area (Å²) in [7, 11) is 1.92. The Bertz CT molecular complexity index is 1270. The molecule has 2 aliphatic carbocycles. The molecule has 0 radical (unpaired) electrons. The van der Waals surface area contributed by atoms with Crippen molar-refractivity contribution in [2.45, 2.75) is 63.5 Å². The van der Waals surface area contributed by atoms with Crippen LogP contribution in [0.25, 0.3) is 21.9 Å². The zero-order valence-electron chi connectivity index (χ0n) is 19.3. The molecule has 170 valence electrons. The van der Waals surface area contributed by atoms with Crippen LogP contribution in [0.1, 0.15) is 56.6 Å². The molecular weight excluding hydrogens is 408 g/mol. The summed E-state index contributed by atoms with van der Waals surface area (Å²) in [4.78, 5) is 13.8. The Balaban J connectivity index is 1.11. The topological polar surface area (TPSA) is 67.7 Å². The van der Waals surface area contributed by atoms with Crippen LogP contribution >= 0.6 is 0 Å². The number of aryl methyl sites for hydroxylation is 1. The fourth-order valence-corrected chi connectivity index (χ4v) is 5.56. The number of fused-ring (bicyclic) bond motifs is 2. The van der Waals surface area contributed by atoms with E-state index >= 15 is 0 Å². The smallest absolute Gasteiger partial charge is 0.145 e. The average molecular weight is 441 g/mol. The summed E-state index contributed by atoms with van der Waals surface area (Å²) in [5, 5.41) is 9.09. The van der Waals surface area contributed by atoms with E-state index in [-0.39, 0.29) is 0 Å². The standard InChI is InChI=1S/C27H32N6/c1-28-26-23-13-14-33(27(23)30-17-29-26)22-11-8-18(15-22)5-6-19-7-9-20-10-12-25(32-24(20)16-19)31-21-3-2-4-21/h7,9-10,12-14,16-18,21-22H,2-6,8,11,15H2,1H3,(H,31,32)(H,28,29,30). The van der Waals surface area contributed by atoms with Crippen molar-refractivity contribution in [3.63, 3.8) is 0 Å². The molecule has 1 aromatic carbocycles. The number of anilines is 2. The maximum Gasteiger partial charge on any atom is 0.145 e. The van der Waals surface area contributed by atoms with Gasteiger partial charge in [0, 0.05) is 30.7 Å². The third-order valence-electron chi connectivity index (χ3n) is 7.71. The Kier molecular flexibility index (Phi) is 5.36. The molecule has 6 rings (SSSR count). The lowest BCUT2D eigenvalue weighted by molar-refractivity contribution is 0.444. The number of hydrogen-bond donors (Lipinski definition) is 2. The summed E-state index contributed by atoms with van der Waals surface area (Å²) in [6, 6.07) is 14.4. The van der Waals surface area contributed by atoms with E-state index in [1.807, 2.05) is 7.05 Å². The highest BCUT2D eigenvalue weighted by molar-refractivity contribution is 5.87. The number of hydrogen-bond acceptors (Lipinski definition) is 5. The van der Waals surface area contributed by atoms with E-state index in [9.17, 15) is 0 Å². The lowest BCUT2D eigenvalue weighted by Crippen LogP contribution is -2.27. The average Bonchev–Trinajstić information content (AvgIpc) is 3.46. The minimum absolute atomic E-state index is 0.533. The molecule has 2 fully saturated rings. The molecule has 6 heteroatoms. The van der Waals surface area contributed by atoms with Crippen LogP contribution in [0, 0.1) is 5.92 Å². The van der Waals surface area contributed by atoms with Crippen LogP contribution in [0.3, 0.4) is 0 Å². The molecule has 4 aromatic rings. The molecule has 2 unspecified atom stereocenters. The van der Waals surface area contributed by atoms with E-state index in [0.29, 0.717) is 12.1 Å². The van der Waals surface area contributed by atoms with Crippen molar-refractivity contribution >= 4 is 33.6 Å². The van der Waals surface area contributed by atoms with Crippen LogP contribution in [0.4, 0.5) is 11.6 Å². The maximum atomic E-state index is 4.89. The van der Waals surface area contributed by atoms with Crippen molar-refractivity contribution < 1.29 is 0 Å². The van der Waals surface area contributed by atoms with Gasteiger partial charge in [0.05, 0.1) is 10.9 Å². The summed E-state index contributed by atoms with van der Waals surface area (Å²) in [5.74, 6) is 2.68. The first-order chi connectivity index (χ1) is 16.3. The molecule has 0 aliphatic heterocycles. The molecule has 6 nitrogen and oxygen atoms in total. The van der Waals surface area contributed by atoms with E-state index in [1.165, 1.54) is 55.9 Å². The predicted octanol–water partition coefficient (Wildman–Crippen LogP) is 5.96. The SMILES string of the molecule is CNc1ncnc2c1ccn2C1CCC(CCc2ccc3ccc(NC4CCC4)nc3c2)C1. The van der Waals surface area contributed by atoms with Gasteiger partial charge in [-0.2, -0.15) is 0 Å². The first-order valence-electron chi connectivity index (χ1n) is 12.4. The molecule has 2 atom stereocenters. The monoisotopic (exact) mass is 440 g/mol. The second-order valence-corrected chi connectivity index (χ2v) is 9.80. The largest absolute Gasteiger partial charge is 0.372 e. The molecule has 3 aromatic heterocycles. The number of pyridine rings is 1. The minimum Gasteiger partial charge on any atom is -0.372 e. The van der Waals surface area contributed by atoms with Crippen molar-refractivity contribution in [1.29, 1.82) is 0 Å². The van der Waals surface area contributed by atoms with Crippen LogP contribution in [0.15, 0.2) is 48.9 Å². The summed E-state index contributed by atoms with van der Waals surface area (Å²) >= 11 is 0. The molecule has 33 heavy (non-hydrogen) atoms. The van der Waals surface area contributed by atoms with Gasteiger partial charge in [0.1, 0.15) is 23.6 Å². The number of benzene rings is 1. The van der Waals surface area contributed by atoms with Crippen molar-refractivity contribution in [3.8, 4) is 0 Å². The highest BCUT2D eigenvalue weighted by atomic mass is 15.1. The number of aromatic nitrogens is 4. The lowest BCUT2D eigenvalue weighted by atomic mass is 9.93. The van der Waals surface area contributed by atoms with E-state index in [1.54, 1.807) is 6.33 Å². The summed E-state index contributed by atoms with van der Waals surface area (Å²) < 4.78 is 2.37. The van der Waals surface area contributed by atoms with Gasteiger partial charge in [-0.25, -0.2) is 15.0 Å². The van der Waals surface area contributed by atoms with Gasteiger partial charge in [-0.05, 0) is 87.1 Å². The molecule has 2 aliphatic rings. The van der Waals surface area contributed by atoms with Crippen LogP contribution < -0.4 is 10.6 Å². The van der Waals surface area contributed by atoms with Crippen molar-refractivity contribution in [2.24, 2.45) is 5.92 Å². The third kappa shape index (κ3) is 4.03. The molecule has 0 amide bonds. The molecule has 3 heterocycles. The second-order valence-electron chi connectivity index (χ2n) is 9.80. The lowest BCUT2D eigenvalue weighted by Gasteiger charge is -2.26. The van der Waals surface area contributed by atoms with E-state index in [2.05, 4.69) is 67.8 Å². The molecule has 0 spiro atoms. The van der Waals surface area contributed by atoms with Crippen molar-refractivity contribution in [3.05, 3.63) is 54.5 Å². The molecule has 0 saturated heterocycles. The zero-order chi connectivity index (χ0) is 22.2. The number of nitrogens with one attached hydrogen (secondary N) is 2. The number of rotatable bonds is 7. The zero-order valence-corrected chi connectivity index (χ0v) is 19.3. The molecule has 2 saturated carbocycles. The Morgan fingerprint density at radius 3 is 2.79 bits per heavy atom. The van der Waals surface area contributed by atoms with Gasteiger partial charge in [0.2, 0.25) is 0 Å². The number of nitrogens with zero attached hydrogens (tertiary/aromatic N) is 4. The minimum atomic E-state index is 0.533. The van der Waals surface area contributed by atoms with Crippen molar-refractivity contribution in [2.75, 3.05) is 17.7 Å². The van der Waals surface area contributed by atoms with Gasteiger partial charge in [0.15, 0.2) is 0 Å². The predicted molar refractivity (Wildman–Crippen MR) is 135 cm³/mol. The van der Waals surface area contributed by atoms with Crippen molar-refractivity contribution in [1.82, 2.24) is 19.5 Å². The quantitative estimate of drug-likeness (QED) is 0.371. The Hall–Kier alpha value is -3.15. The normalized spacial score (nSPS) is 20.9. The van der Waals surface area contributed by atoms with Crippen LogP contribution in [0.2, 0.25) is 0 Å². The third-order valence-corrected chi connectivity index (χ3v) is 7.71. The van der Waals surface area contributed by atoms with Gasteiger partial charge in [0.25, 0.3) is 0 Å². The van der Waals surface area contributed by atoms with Crippen LogP contribution in [-0.4, -0.2) is 32.6 Å². The van der Waals surface area contributed by atoms with E-state index in [0.717, 1.165) is 40.5 Å². The summed E-state index contributed by atoms with van der Waals surface area (Å²) in [6.45, 7) is 0. The fraction of sp³-hybridized carbons (Fsp3) is 0.444. The maximum absolute atomic E-state index is 4.89. The summed E-state index contributed by atoms with van der Waals surface area (Å²) in [5.41, 5.74) is 3.56.